The van der Waals surface area contributed by atoms with Crippen molar-refractivity contribution < 1.29 is 18.7 Å². The molecule has 1 aromatic heterocycles. The number of nitrogens with zero attached hydrogens (tertiary/aromatic N) is 2. The number of hydrogen-bond acceptors (Lipinski definition) is 4. The molecule has 6 nitrogen and oxygen atoms in total. The standard InChI is InChI=1S/C22H24FN3O3/c1-5-8-26-15(3)9-17(16(26)4)10-18(12-24)22(28)29-13-21(27)25-19-7-6-14(2)20(23)11-19/h6-7,9-11H,5,8,13H2,1-4H3,(H,25,27)/b18-10+. The molecule has 0 unspecified atom stereocenters. The van der Waals surface area contributed by atoms with Gasteiger partial charge in [-0.3, -0.25) is 4.79 Å². The molecule has 0 aliphatic heterocycles. The molecule has 0 aliphatic carbocycles. The second-order valence-corrected chi connectivity index (χ2v) is 6.74. The zero-order valence-electron chi connectivity index (χ0n) is 17.0. The molecule has 1 amide bonds. The molecule has 2 rings (SSSR count). The molecule has 0 fully saturated rings. The van der Waals surface area contributed by atoms with Crippen LogP contribution in [0.25, 0.3) is 6.08 Å². The van der Waals surface area contributed by atoms with Crippen LogP contribution in [0.5, 0.6) is 0 Å². The van der Waals surface area contributed by atoms with Gasteiger partial charge < -0.3 is 14.6 Å². The van der Waals surface area contributed by atoms with Crippen LogP contribution < -0.4 is 5.32 Å². The molecule has 0 atom stereocenters. The monoisotopic (exact) mass is 397 g/mol. The number of rotatable bonds is 7. The Morgan fingerprint density at radius 3 is 2.62 bits per heavy atom. The van der Waals surface area contributed by atoms with E-state index in [1.807, 2.05) is 26.0 Å². The highest BCUT2D eigenvalue weighted by Crippen LogP contribution is 2.19. The quantitative estimate of drug-likeness (QED) is 0.434. The highest BCUT2D eigenvalue weighted by Gasteiger charge is 2.15. The first-order chi connectivity index (χ1) is 13.8. The van der Waals surface area contributed by atoms with E-state index in [-0.39, 0.29) is 11.3 Å². The molecule has 0 radical (unpaired) electrons. The van der Waals surface area contributed by atoms with Crippen molar-refractivity contribution in [1.82, 2.24) is 4.57 Å². The number of esters is 1. The maximum absolute atomic E-state index is 13.5. The number of halogens is 1. The summed E-state index contributed by atoms with van der Waals surface area (Å²) in [5.41, 5.74) is 3.25. The van der Waals surface area contributed by atoms with Crippen molar-refractivity contribution in [3.8, 4) is 6.07 Å². The smallest absolute Gasteiger partial charge is 0.349 e. The number of carbonyl (C=O) groups is 2. The van der Waals surface area contributed by atoms with E-state index in [2.05, 4.69) is 16.8 Å². The van der Waals surface area contributed by atoms with Crippen LogP contribution in [0, 0.1) is 37.9 Å². The molecule has 7 heteroatoms. The highest BCUT2D eigenvalue weighted by molar-refractivity contribution is 6.00. The summed E-state index contributed by atoms with van der Waals surface area (Å²) in [6, 6.07) is 7.98. The Kier molecular flexibility index (Phi) is 7.32. The van der Waals surface area contributed by atoms with Gasteiger partial charge in [0.25, 0.3) is 5.91 Å². The Balaban J connectivity index is 2.03. The number of anilines is 1. The summed E-state index contributed by atoms with van der Waals surface area (Å²) < 4.78 is 20.6. The molecule has 0 spiro atoms. The van der Waals surface area contributed by atoms with Gasteiger partial charge in [0.15, 0.2) is 6.61 Å². The lowest BCUT2D eigenvalue weighted by Crippen LogP contribution is -2.21. The van der Waals surface area contributed by atoms with Gasteiger partial charge in [-0.15, -0.1) is 0 Å². The molecule has 2 aromatic rings. The molecule has 1 heterocycles. The van der Waals surface area contributed by atoms with Crippen LogP contribution in [0.1, 0.15) is 35.9 Å². The fourth-order valence-corrected chi connectivity index (χ4v) is 2.91. The fourth-order valence-electron chi connectivity index (χ4n) is 2.91. The van der Waals surface area contributed by atoms with E-state index in [1.54, 1.807) is 13.0 Å². The van der Waals surface area contributed by atoms with Crippen molar-refractivity contribution in [2.75, 3.05) is 11.9 Å². The SMILES string of the molecule is CCCn1c(C)cc(/C=C(\C#N)C(=O)OCC(=O)Nc2ccc(C)c(F)c2)c1C. The summed E-state index contributed by atoms with van der Waals surface area (Å²) >= 11 is 0. The third kappa shape index (κ3) is 5.55. The van der Waals surface area contributed by atoms with Crippen molar-refractivity contribution in [2.24, 2.45) is 0 Å². The van der Waals surface area contributed by atoms with Crippen molar-refractivity contribution in [3.05, 3.63) is 58.2 Å². The van der Waals surface area contributed by atoms with Gasteiger partial charge in [0, 0.05) is 23.6 Å². The van der Waals surface area contributed by atoms with Gasteiger partial charge in [0.1, 0.15) is 17.5 Å². The lowest BCUT2D eigenvalue weighted by molar-refractivity contribution is -0.142. The maximum atomic E-state index is 13.5. The van der Waals surface area contributed by atoms with Gasteiger partial charge in [-0.1, -0.05) is 13.0 Å². The molecule has 0 saturated carbocycles. The minimum absolute atomic E-state index is 0.198. The molecule has 0 aliphatic rings. The highest BCUT2D eigenvalue weighted by atomic mass is 19.1. The minimum Gasteiger partial charge on any atom is -0.451 e. The summed E-state index contributed by atoms with van der Waals surface area (Å²) in [5, 5.41) is 11.8. The van der Waals surface area contributed by atoms with Crippen LogP contribution in [-0.2, 0) is 20.9 Å². The van der Waals surface area contributed by atoms with Gasteiger partial charge in [-0.2, -0.15) is 5.26 Å². The number of aryl methyl sites for hydroxylation is 2. The molecule has 0 bridgehead atoms. The number of carbonyl (C=O) groups excluding carboxylic acids is 2. The summed E-state index contributed by atoms with van der Waals surface area (Å²) in [6.07, 6.45) is 2.43. The van der Waals surface area contributed by atoms with Crippen LogP contribution >= 0.6 is 0 Å². The summed E-state index contributed by atoms with van der Waals surface area (Å²) in [4.78, 5) is 24.1. The third-order valence-electron chi connectivity index (χ3n) is 4.49. The third-order valence-corrected chi connectivity index (χ3v) is 4.49. The van der Waals surface area contributed by atoms with Crippen LogP contribution in [0.2, 0.25) is 0 Å². The molecule has 1 N–H and O–H groups in total. The van der Waals surface area contributed by atoms with Crippen molar-refractivity contribution in [1.29, 1.82) is 5.26 Å². The molecular formula is C22H24FN3O3. The van der Waals surface area contributed by atoms with Crippen molar-refractivity contribution >= 4 is 23.6 Å². The lowest BCUT2D eigenvalue weighted by atomic mass is 10.1. The van der Waals surface area contributed by atoms with E-state index in [0.717, 1.165) is 29.9 Å². The van der Waals surface area contributed by atoms with Gasteiger partial charge in [-0.25, -0.2) is 9.18 Å². The Bertz CT molecular complexity index is 999. The first kappa shape index (κ1) is 21.9. The summed E-state index contributed by atoms with van der Waals surface area (Å²) in [6.45, 7) is 7.83. The Morgan fingerprint density at radius 2 is 2.00 bits per heavy atom. The van der Waals surface area contributed by atoms with E-state index >= 15 is 0 Å². The predicted molar refractivity (Wildman–Crippen MR) is 109 cm³/mol. The topological polar surface area (TPSA) is 84.1 Å². The van der Waals surface area contributed by atoms with Crippen LogP contribution in [0.15, 0.2) is 29.8 Å². The van der Waals surface area contributed by atoms with E-state index in [0.29, 0.717) is 5.56 Å². The zero-order valence-corrected chi connectivity index (χ0v) is 17.0. The molecular weight excluding hydrogens is 373 g/mol. The summed E-state index contributed by atoms with van der Waals surface area (Å²) in [7, 11) is 0. The Morgan fingerprint density at radius 1 is 1.28 bits per heavy atom. The average molecular weight is 397 g/mol. The fraction of sp³-hybridized carbons (Fsp3) is 0.318. The number of nitriles is 1. The number of nitrogens with one attached hydrogen (secondary N) is 1. The second kappa shape index (κ2) is 9.69. The van der Waals surface area contributed by atoms with Crippen LogP contribution in [0.4, 0.5) is 10.1 Å². The van der Waals surface area contributed by atoms with E-state index in [4.69, 9.17) is 4.74 Å². The number of ether oxygens (including phenoxy) is 1. The number of amides is 1. The van der Waals surface area contributed by atoms with E-state index in [9.17, 15) is 19.2 Å². The molecule has 29 heavy (non-hydrogen) atoms. The van der Waals surface area contributed by atoms with E-state index < -0.39 is 24.3 Å². The van der Waals surface area contributed by atoms with Crippen LogP contribution in [0.3, 0.4) is 0 Å². The van der Waals surface area contributed by atoms with Crippen LogP contribution in [-0.4, -0.2) is 23.1 Å². The number of benzene rings is 1. The summed E-state index contributed by atoms with van der Waals surface area (Å²) in [5.74, 6) is -1.96. The van der Waals surface area contributed by atoms with Crippen molar-refractivity contribution in [2.45, 2.75) is 40.7 Å². The maximum Gasteiger partial charge on any atom is 0.349 e. The second-order valence-electron chi connectivity index (χ2n) is 6.74. The van der Waals surface area contributed by atoms with Gasteiger partial charge in [-0.05, 0) is 62.6 Å². The van der Waals surface area contributed by atoms with Gasteiger partial charge in [0.2, 0.25) is 0 Å². The predicted octanol–water partition coefficient (Wildman–Crippen LogP) is 4.05. The average Bonchev–Trinajstić information content (AvgIpc) is 2.94. The van der Waals surface area contributed by atoms with Gasteiger partial charge in [0.05, 0.1) is 0 Å². The van der Waals surface area contributed by atoms with Gasteiger partial charge >= 0.3 is 5.97 Å². The lowest BCUT2D eigenvalue weighted by Gasteiger charge is -2.08. The molecule has 1 aromatic carbocycles. The molecule has 0 saturated heterocycles. The largest absolute Gasteiger partial charge is 0.451 e. The van der Waals surface area contributed by atoms with E-state index in [1.165, 1.54) is 18.2 Å². The zero-order chi connectivity index (χ0) is 21.6. The normalized spacial score (nSPS) is 11.1. The minimum atomic E-state index is -0.891. The molecule has 152 valence electrons. The number of aromatic nitrogens is 1. The van der Waals surface area contributed by atoms with Crippen molar-refractivity contribution in [3.63, 3.8) is 0 Å². The first-order valence-corrected chi connectivity index (χ1v) is 9.28. The Labute approximate surface area is 169 Å². The Hall–Kier alpha value is -3.40. The number of hydrogen-bond donors (Lipinski definition) is 1. The first-order valence-electron chi connectivity index (χ1n) is 9.28.